The Morgan fingerprint density at radius 1 is 1.38 bits per heavy atom. The van der Waals surface area contributed by atoms with Crippen molar-refractivity contribution in [1.29, 1.82) is 0 Å². The van der Waals surface area contributed by atoms with E-state index < -0.39 is 0 Å². The number of hydrogen-bond acceptors (Lipinski definition) is 1. The lowest BCUT2D eigenvalue weighted by atomic mass is 10.1. The molecule has 0 radical (unpaired) electrons. The Bertz CT molecular complexity index is 442. The molecule has 0 fully saturated rings. The highest BCUT2D eigenvalue weighted by atomic mass is 35.5. The number of halogens is 1. The summed E-state index contributed by atoms with van der Waals surface area (Å²) in [6.45, 7) is 3.94. The van der Waals surface area contributed by atoms with Crippen molar-refractivity contribution in [1.82, 2.24) is 0 Å². The summed E-state index contributed by atoms with van der Waals surface area (Å²) in [7, 11) is 0. The summed E-state index contributed by atoms with van der Waals surface area (Å²) in [5.41, 5.74) is 2.19. The third kappa shape index (κ3) is 1.50. The van der Waals surface area contributed by atoms with E-state index in [1.165, 1.54) is 15.6 Å². The summed E-state index contributed by atoms with van der Waals surface area (Å²) < 4.78 is 1.30. The minimum absolute atomic E-state index is 0.501. The fourth-order valence-electron chi connectivity index (χ4n) is 1.32. The summed E-state index contributed by atoms with van der Waals surface area (Å²) in [6, 6.07) is 8.32. The first kappa shape index (κ1) is 8.79. The average Bonchev–Trinajstić information content (AvgIpc) is 2.60. The van der Waals surface area contributed by atoms with Gasteiger partial charge in [-0.05, 0) is 28.0 Å². The standard InChI is InChI=1S/C11H9ClS/c1-8(6-12)10-7-13-11-5-3-2-4-9(10)11/h2-5,7H,1,6H2. The number of hydrogen-bond donors (Lipinski definition) is 0. The van der Waals surface area contributed by atoms with Gasteiger partial charge >= 0.3 is 0 Å². The Morgan fingerprint density at radius 2 is 2.15 bits per heavy atom. The lowest BCUT2D eigenvalue weighted by Gasteiger charge is -1.98. The first-order valence-corrected chi connectivity index (χ1v) is 5.44. The van der Waals surface area contributed by atoms with Gasteiger partial charge in [-0.1, -0.05) is 24.8 Å². The molecule has 0 nitrogen and oxygen atoms in total. The Kier molecular flexibility index (Phi) is 2.38. The van der Waals surface area contributed by atoms with Crippen LogP contribution >= 0.6 is 22.9 Å². The highest BCUT2D eigenvalue weighted by molar-refractivity contribution is 7.17. The SMILES string of the molecule is C=C(CCl)c1csc2ccccc12. The summed E-state index contributed by atoms with van der Waals surface area (Å²) in [4.78, 5) is 0. The van der Waals surface area contributed by atoms with E-state index in [1.807, 2.05) is 12.1 Å². The maximum absolute atomic E-state index is 5.75. The second-order valence-electron chi connectivity index (χ2n) is 2.88. The zero-order valence-electron chi connectivity index (χ0n) is 7.09. The predicted octanol–water partition coefficient (Wildman–Crippen LogP) is 4.15. The smallest absolute Gasteiger partial charge is 0.0474 e. The van der Waals surface area contributed by atoms with E-state index >= 15 is 0 Å². The Balaban J connectivity index is 2.64. The van der Waals surface area contributed by atoms with Crippen LogP contribution in [0.3, 0.4) is 0 Å². The molecule has 2 heteroatoms. The summed E-state index contributed by atoms with van der Waals surface area (Å²) in [5, 5.41) is 3.38. The molecule has 0 saturated heterocycles. The maximum Gasteiger partial charge on any atom is 0.0474 e. The summed E-state index contributed by atoms with van der Waals surface area (Å²) >= 11 is 7.49. The number of thiophene rings is 1. The van der Waals surface area contributed by atoms with E-state index in [0.717, 1.165) is 5.57 Å². The van der Waals surface area contributed by atoms with E-state index in [4.69, 9.17) is 11.6 Å². The van der Waals surface area contributed by atoms with Gasteiger partial charge < -0.3 is 0 Å². The van der Waals surface area contributed by atoms with Crippen LogP contribution in [0.4, 0.5) is 0 Å². The molecule has 2 aromatic rings. The van der Waals surface area contributed by atoms with Crippen LogP contribution in [0.2, 0.25) is 0 Å². The van der Waals surface area contributed by atoms with Crippen LogP contribution in [-0.4, -0.2) is 5.88 Å². The first-order valence-electron chi connectivity index (χ1n) is 4.03. The third-order valence-corrected chi connectivity index (χ3v) is 3.31. The van der Waals surface area contributed by atoms with Crippen LogP contribution in [-0.2, 0) is 0 Å². The van der Waals surface area contributed by atoms with Crippen molar-refractivity contribution in [3.8, 4) is 0 Å². The van der Waals surface area contributed by atoms with Crippen LogP contribution in [0.15, 0.2) is 36.2 Å². The van der Waals surface area contributed by atoms with Crippen LogP contribution in [0.5, 0.6) is 0 Å². The highest BCUT2D eigenvalue weighted by Crippen LogP contribution is 2.30. The van der Waals surface area contributed by atoms with Gasteiger partial charge in [0, 0.05) is 10.6 Å². The van der Waals surface area contributed by atoms with Crippen LogP contribution in [0, 0.1) is 0 Å². The largest absolute Gasteiger partial charge is 0.143 e. The Morgan fingerprint density at radius 3 is 2.92 bits per heavy atom. The van der Waals surface area contributed by atoms with Gasteiger partial charge in [-0.2, -0.15) is 0 Å². The zero-order valence-corrected chi connectivity index (χ0v) is 8.66. The highest BCUT2D eigenvalue weighted by Gasteiger charge is 2.04. The van der Waals surface area contributed by atoms with Crippen LogP contribution < -0.4 is 0 Å². The topological polar surface area (TPSA) is 0 Å². The molecule has 0 aliphatic carbocycles. The van der Waals surface area contributed by atoms with Gasteiger partial charge in [-0.3, -0.25) is 0 Å². The second kappa shape index (κ2) is 3.52. The van der Waals surface area contributed by atoms with Crippen molar-refractivity contribution >= 4 is 38.6 Å². The van der Waals surface area contributed by atoms with Crippen molar-refractivity contribution in [2.45, 2.75) is 0 Å². The van der Waals surface area contributed by atoms with Gasteiger partial charge in [0.1, 0.15) is 0 Å². The molecule has 1 aromatic carbocycles. The second-order valence-corrected chi connectivity index (χ2v) is 4.06. The van der Waals surface area contributed by atoms with Crippen LogP contribution in [0.1, 0.15) is 5.56 Å². The molecule has 0 spiro atoms. The summed E-state index contributed by atoms with van der Waals surface area (Å²) in [6.07, 6.45) is 0. The van der Waals surface area contributed by atoms with Crippen molar-refractivity contribution in [2.24, 2.45) is 0 Å². The minimum atomic E-state index is 0.501. The van der Waals surface area contributed by atoms with Gasteiger partial charge in [0.2, 0.25) is 0 Å². The van der Waals surface area contributed by atoms with Gasteiger partial charge in [-0.25, -0.2) is 0 Å². The van der Waals surface area contributed by atoms with Crippen molar-refractivity contribution in [2.75, 3.05) is 5.88 Å². The molecule has 0 aliphatic heterocycles. The summed E-state index contributed by atoms with van der Waals surface area (Å²) in [5.74, 6) is 0.501. The maximum atomic E-state index is 5.75. The van der Waals surface area contributed by atoms with E-state index in [2.05, 4.69) is 24.1 Å². The third-order valence-electron chi connectivity index (χ3n) is 2.02. The molecule has 0 bridgehead atoms. The molecule has 1 heterocycles. The first-order chi connectivity index (χ1) is 6.33. The fourth-order valence-corrected chi connectivity index (χ4v) is 2.47. The molecule has 0 amide bonds. The van der Waals surface area contributed by atoms with Gasteiger partial charge in [0.25, 0.3) is 0 Å². The molecule has 0 saturated carbocycles. The lowest BCUT2D eigenvalue weighted by molar-refractivity contribution is 1.71. The number of allylic oxidation sites excluding steroid dienone is 1. The Labute approximate surface area is 86.5 Å². The molecular formula is C11H9ClS. The molecule has 0 N–H and O–H groups in total. The zero-order chi connectivity index (χ0) is 9.26. The normalized spacial score (nSPS) is 10.5. The van der Waals surface area contributed by atoms with Crippen molar-refractivity contribution < 1.29 is 0 Å². The minimum Gasteiger partial charge on any atom is -0.143 e. The number of fused-ring (bicyclic) bond motifs is 1. The molecule has 0 unspecified atom stereocenters. The van der Waals surface area contributed by atoms with E-state index in [1.54, 1.807) is 11.3 Å². The van der Waals surface area contributed by atoms with Crippen LogP contribution in [0.25, 0.3) is 15.7 Å². The number of benzene rings is 1. The molecule has 13 heavy (non-hydrogen) atoms. The van der Waals surface area contributed by atoms with Crippen molar-refractivity contribution in [3.63, 3.8) is 0 Å². The quantitative estimate of drug-likeness (QED) is 0.651. The molecule has 0 atom stereocenters. The Hall–Kier alpha value is -0.790. The molecule has 1 aromatic heterocycles. The van der Waals surface area contributed by atoms with E-state index in [0.29, 0.717) is 5.88 Å². The van der Waals surface area contributed by atoms with Gasteiger partial charge in [0.15, 0.2) is 0 Å². The average molecular weight is 209 g/mol. The molecule has 2 rings (SSSR count). The molecule has 0 aliphatic rings. The molecule has 66 valence electrons. The number of rotatable bonds is 2. The number of alkyl halides is 1. The fraction of sp³-hybridized carbons (Fsp3) is 0.0909. The van der Waals surface area contributed by atoms with Gasteiger partial charge in [-0.15, -0.1) is 22.9 Å². The van der Waals surface area contributed by atoms with Gasteiger partial charge in [0.05, 0.1) is 0 Å². The van der Waals surface area contributed by atoms with Crippen molar-refractivity contribution in [3.05, 3.63) is 41.8 Å². The lowest BCUT2D eigenvalue weighted by Crippen LogP contribution is -1.80. The monoisotopic (exact) mass is 208 g/mol. The van der Waals surface area contributed by atoms with E-state index in [-0.39, 0.29) is 0 Å². The van der Waals surface area contributed by atoms with E-state index in [9.17, 15) is 0 Å². The molecular weight excluding hydrogens is 200 g/mol. The predicted molar refractivity (Wildman–Crippen MR) is 61.6 cm³/mol.